The Morgan fingerprint density at radius 2 is 1.87 bits per heavy atom. The summed E-state index contributed by atoms with van der Waals surface area (Å²) < 4.78 is 11.7. The fourth-order valence-corrected chi connectivity index (χ4v) is 2.75. The topological polar surface area (TPSA) is 88.6 Å². The molecule has 7 heteroatoms. The highest BCUT2D eigenvalue weighted by Crippen LogP contribution is 2.29. The molecule has 0 fully saturated rings. The third-order valence-corrected chi connectivity index (χ3v) is 4.32. The summed E-state index contributed by atoms with van der Waals surface area (Å²) in [4.78, 5) is 18.5. The van der Waals surface area contributed by atoms with Gasteiger partial charge in [0.1, 0.15) is 6.61 Å². The molecule has 0 atom stereocenters. The number of aromatic nitrogens is 2. The van der Waals surface area contributed by atoms with Gasteiger partial charge in [0.05, 0.1) is 12.8 Å². The highest BCUT2D eigenvalue weighted by Gasteiger charge is 2.07. The quantitative estimate of drug-likeness (QED) is 0.413. The molecule has 3 rings (SSSR count). The number of hydrogen-bond acceptors (Lipinski definition) is 6. The van der Waals surface area contributed by atoms with Crippen LogP contribution in [0.1, 0.15) is 36.2 Å². The molecule has 2 aromatic carbocycles. The molecule has 156 valence electrons. The van der Waals surface area contributed by atoms with Gasteiger partial charge in [-0.15, -0.1) is 0 Å². The van der Waals surface area contributed by atoms with Gasteiger partial charge < -0.3 is 9.47 Å². The van der Waals surface area contributed by atoms with Crippen LogP contribution in [0.15, 0.2) is 58.4 Å². The fourth-order valence-electron chi connectivity index (χ4n) is 2.75. The lowest BCUT2D eigenvalue weighted by molar-refractivity contribution is 0.269. The first-order valence-electron chi connectivity index (χ1n) is 9.92. The second kappa shape index (κ2) is 10.2. The van der Waals surface area contributed by atoms with E-state index in [4.69, 9.17) is 9.47 Å². The van der Waals surface area contributed by atoms with E-state index in [0.29, 0.717) is 42.8 Å². The third kappa shape index (κ3) is 5.94. The number of nitrogens with zero attached hydrogens (tertiary/aromatic N) is 2. The lowest BCUT2D eigenvalue weighted by Crippen LogP contribution is -2.11. The number of hydrogen-bond donors (Lipinski definition) is 2. The Balaban J connectivity index is 1.69. The van der Waals surface area contributed by atoms with Crippen molar-refractivity contribution in [1.29, 1.82) is 0 Å². The third-order valence-electron chi connectivity index (χ3n) is 4.32. The number of rotatable bonds is 9. The highest BCUT2D eigenvalue weighted by atomic mass is 16.5. The second-order valence-corrected chi connectivity index (χ2v) is 6.72. The first-order valence-corrected chi connectivity index (χ1v) is 9.92. The minimum atomic E-state index is -0.215. The molecule has 7 nitrogen and oxygen atoms in total. The number of hydrazone groups is 1. The van der Waals surface area contributed by atoms with Gasteiger partial charge in [-0.3, -0.25) is 9.78 Å². The lowest BCUT2D eigenvalue weighted by Gasteiger charge is -2.13. The minimum absolute atomic E-state index is 0.215. The van der Waals surface area contributed by atoms with Gasteiger partial charge in [0, 0.05) is 11.8 Å². The number of benzene rings is 2. The van der Waals surface area contributed by atoms with Crippen LogP contribution in [0.5, 0.6) is 11.5 Å². The molecule has 0 bridgehead atoms. The molecule has 0 radical (unpaired) electrons. The van der Waals surface area contributed by atoms with Crippen molar-refractivity contribution in [3.63, 3.8) is 0 Å². The maximum absolute atomic E-state index is 11.6. The molecule has 0 aliphatic rings. The standard InChI is InChI=1S/C23H26N4O3/c1-4-19-13-22(28)26-23(25-19)27-24-14-18-10-11-20(21(12-18)29-5-2)30-15-17-8-6-16(3)7-9-17/h6-14H,4-5,15H2,1-3H3,(H2,25,26,27,28)/b24-14-. The van der Waals surface area contributed by atoms with E-state index in [0.717, 1.165) is 11.1 Å². The Hall–Kier alpha value is -3.61. The van der Waals surface area contributed by atoms with Crippen molar-refractivity contribution in [3.8, 4) is 11.5 Å². The molecule has 3 aromatic rings. The van der Waals surface area contributed by atoms with E-state index in [1.165, 1.54) is 11.6 Å². The van der Waals surface area contributed by atoms with E-state index in [1.807, 2.05) is 44.2 Å². The molecule has 1 heterocycles. The van der Waals surface area contributed by atoms with Crippen LogP contribution in [0.2, 0.25) is 0 Å². The monoisotopic (exact) mass is 406 g/mol. The average molecular weight is 406 g/mol. The molecule has 0 aliphatic carbocycles. The van der Waals surface area contributed by atoms with Crippen molar-refractivity contribution < 1.29 is 9.47 Å². The Bertz CT molecular complexity index is 1060. The van der Waals surface area contributed by atoms with Gasteiger partial charge in [-0.05, 0) is 49.6 Å². The zero-order valence-electron chi connectivity index (χ0n) is 17.4. The van der Waals surface area contributed by atoms with Crippen molar-refractivity contribution in [2.75, 3.05) is 12.0 Å². The van der Waals surface area contributed by atoms with Crippen molar-refractivity contribution in [1.82, 2.24) is 9.97 Å². The predicted octanol–water partition coefficient (Wildman–Crippen LogP) is 4.06. The number of nitrogens with one attached hydrogen (secondary N) is 2. The van der Waals surface area contributed by atoms with E-state index >= 15 is 0 Å². The summed E-state index contributed by atoms with van der Waals surface area (Å²) in [5.41, 5.74) is 6.37. The largest absolute Gasteiger partial charge is 0.490 e. The Kier molecular flexibility index (Phi) is 7.21. The molecule has 0 aliphatic heterocycles. The lowest BCUT2D eigenvalue weighted by atomic mass is 10.2. The number of aryl methyl sites for hydroxylation is 2. The molecule has 0 saturated heterocycles. The van der Waals surface area contributed by atoms with Crippen LogP contribution in [0.4, 0.5) is 5.95 Å². The average Bonchev–Trinajstić information content (AvgIpc) is 2.74. The number of anilines is 1. The zero-order valence-corrected chi connectivity index (χ0v) is 17.4. The predicted molar refractivity (Wildman–Crippen MR) is 119 cm³/mol. The molecule has 0 spiro atoms. The van der Waals surface area contributed by atoms with Crippen LogP contribution >= 0.6 is 0 Å². The molecule has 2 N–H and O–H groups in total. The van der Waals surface area contributed by atoms with Crippen LogP contribution in [0.25, 0.3) is 0 Å². The normalized spacial score (nSPS) is 10.9. The zero-order chi connectivity index (χ0) is 21.3. The molecule has 0 amide bonds. The van der Waals surface area contributed by atoms with Gasteiger partial charge in [-0.1, -0.05) is 36.8 Å². The number of aromatic amines is 1. The van der Waals surface area contributed by atoms with Crippen molar-refractivity contribution >= 4 is 12.2 Å². The number of ether oxygens (including phenoxy) is 2. The van der Waals surface area contributed by atoms with Crippen molar-refractivity contribution in [2.45, 2.75) is 33.8 Å². The summed E-state index contributed by atoms with van der Waals surface area (Å²) >= 11 is 0. The molecule has 30 heavy (non-hydrogen) atoms. The molecular formula is C23H26N4O3. The highest BCUT2D eigenvalue weighted by molar-refractivity contribution is 5.81. The van der Waals surface area contributed by atoms with Crippen molar-refractivity contribution in [2.24, 2.45) is 5.10 Å². The SMILES string of the molecule is CCOc1cc(/C=N\Nc2nc(CC)cc(=O)[nH]2)ccc1OCc1ccc(C)cc1. The van der Waals surface area contributed by atoms with E-state index in [-0.39, 0.29) is 5.56 Å². The van der Waals surface area contributed by atoms with Crippen LogP contribution in [0.3, 0.4) is 0 Å². The molecule has 1 aromatic heterocycles. The van der Waals surface area contributed by atoms with E-state index < -0.39 is 0 Å². The first kappa shape index (κ1) is 21.1. The Morgan fingerprint density at radius 1 is 1.07 bits per heavy atom. The molecule has 0 unspecified atom stereocenters. The van der Waals surface area contributed by atoms with Crippen LogP contribution in [-0.4, -0.2) is 22.8 Å². The summed E-state index contributed by atoms with van der Waals surface area (Å²) in [5.74, 6) is 1.62. The summed E-state index contributed by atoms with van der Waals surface area (Å²) in [5, 5.41) is 4.16. The maximum atomic E-state index is 11.6. The molecular weight excluding hydrogens is 380 g/mol. The summed E-state index contributed by atoms with van der Waals surface area (Å²) in [6.07, 6.45) is 2.30. The number of H-pyrrole nitrogens is 1. The molecule has 0 saturated carbocycles. The van der Waals surface area contributed by atoms with E-state index in [9.17, 15) is 4.79 Å². The Morgan fingerprint density at radius 3 is 2.60 bits per heavy atom. The van der Waals surface area contributed by atoms with Crippen LogP contribution in [-0.2, 0) is 13.0 Å². The van der Waals surface area contributed by atoms with E-state index in [1.54, 1.807) is 6.21 Å². The smallest absolute Gasteiger partial charge is 0.252 e. The summed E-state index contributed by atoms with van der Waals surface area (Å²) in [6, 6.07) is 15.3. The van der Waals surface area contributed by atoms with Crippen LogP contribution in [0, 0.1) is 6.92 Å². The van der Waals surface area contributed by atoms with Gasteiger partial charge in [0.2, 0.25) is 5.95 Å². The summed E-state index contributed by atoms with van der Waals surface area (Å²) in [7, 11) is 0. The fraction of sp³-hybridized carbons (Fsp3) is 0.261. The van der Waals surface area contributed by atoms with Gasteiger partial charge in [-0.25, -0.2) is 10.4 Å². The summed E-state index contributed by atoms with van der Waals surface area (Å²) in [6.45, 7) is 6.90. The minimum Gasteiger partial charge on any atom is -0.490 e. The van der Waals surface area contributed by atoms with Gasteiger partial charge >= 0.3 is 0 Å². The van der Waals surface area contributed by atoms with Gasteiger partial charge in [0.25, 0.3) is 5.56 Å². The van der Waals surface area contributed by atoms with Crippen molar-refractivity contribution in [3.05, 3.63) is 81.3 Å². The second-order valence-electron chi connectivity index (χ2n) is 6.72. The Labute approximate surface area is 175 Å². The first-order chi connectivity index (χ1) is 14.6. The van der Waals surface area contributed by atoms with E-state index in [2.05, 4.69) is 39.6 Å². The van der Waals surface area contributed by atoms with Crippen LogP contribution < -0.4 is 20.5 Å². The van der Waals surface area contributed by atoms with Gasteiger partial charge in [0.15, 0.2) is 11.5 Å². The van der Waals surface area contributed by atoms with Gasteiger partial charge in [-0.2, -0.15) is 5.10 Å². The maximum Gasteiger partial charge on any atom is 0.252 e.